The van der Waals surface area contributed by atoms with Gasteiger partial charge >= 0.3 is 0 Å². The molecule has 0 saturated carbocycles. The molecule has 1 fully saturated rings. The normalized spacial score (nSPS) is 16.7. The average Bonchev–Trinajstić information content (AvgIpc) is 2.94. The Morgan fingerprint density at radius 1 is 1.31 bits per heavy atom. The monoisotopic (exact) mass is 353 g/mol. The third kappa shape index (κ3) is 4.56. The number of aromatic nitrogens is 2. The lowest BCUT2D eigenvalue weighted by Crippen LogP contribution is -2.37. The molecule has 1 saturated heterocycles. The number of amides is 2. The average molecular weight is 353 g/mol. The molecule has 0 radical (unpaired) electrons. The highest BCUT2D eigenvalue weighted by atomic mass is 16.2. The first kappa shape index (κ1) is 17.8. The molecule has 3 N–H and O–H groups in total. The number of hydrogen-bond acceptors (Lipinski definition) is 5. The minimum Gasteiger partial charge on any atom is -0.368 e. The molecule has 1 atom stereocenters. The second kappa shape index (κ2) is 7.95. The zero-order valence-electron chi connectivity index (χ0n) is 14.8. The van der Waals surface area contributed by atoms with Crippen molar-refractivity contribution < 1.29 is 9.59 Å². The van der Waals surface area contributed by atoms with Crippen molar-refractivity contribution in [3.63, 3.8) is 0 Å². The molecule has 7 nitrogen and oxygen atoms in total. The van der Waals surface area contributed by atoms with E-state index >= 15 is 0 Å². The molecule has 1 aliphatic rings. The maximum atomic E-state index is 12.3. The summed E-state index contributed by atoms with van der Waals surface area (Å²) in [6.45, 7) is 2.97. The van der Waals surface area contributed by atoms with Crippen molar-refractivity contribution in [3.8, 4) is 0 Å². The van der Waals surface area contributed by atoms with Crippen LogP contribution in [0.4, 0.5) is 5.95 Å². The first-order valence-electron chi connectivity index (χ1n) is 8.75. The Kier molecular flexibility index (Phi) is 5.46. The third-order valence-electron chi connectivity index (χ3n) is 4.39. The van der Waals surface area contributed by atoms with Gasteiger partial charge in [0.25, 0.3) is 5.91 Å². The largest absolute Gasteiger partial charge is 0.368 e. The van der Waals surface area contributed by atoms with Gasteiger partial charge in [0, 0.05) is 25.2 Å². The smallest absolute Gasteiger partial charge is 0.270 e. The van der Waals surface area contributed by atoms with E-state index < -0.39 is 0 Å². The van der Waals surface area contributed by atoms with Gasteiger partial charge in [0.05, 0.1) is 6.04 Å². The summed E-state index contributed by atoms with van der Waals surface area (Å²) in [6.07, 6.45) is 2.15. The van der Waals surface area contributed by atoms with Crippen molar-refractivity contribution in [1.82, 2.24) is 20.2 Å². The summed E-state index contributed by atoms with van der Waals surface area (Å²) < 4.78 is 0. The van der Waals surface area contributed by atoms with Gasteiger partial charge in [0.2, 0.25) is 11.9 Å². The lowest BCUT2D eigenvalue weighted by Gasteiger charge is -2.17. The van der Waals surface area contributed by atoms with Gasteiger partial charge < -0.3 is 16.0 Å². The molecule has 2 amide bonds. The van der Waals surface area contributed by atoms with Crippen LogP contribution < -0.4 is 11.1 Å². The molecule has 0 aliphatic carbocycles. The number of hydrogen-bond donors (Lipinski definition) is 2. The number of aryl methyl sites for hydroxylation is 2. The van der Waals surface area contributed by atoms with Crippen molar-refractivity contribution in [2.45, 2.75) is 32.2 Å². The quantitative estimate of drug-likeness (QED) is 0.816. The van der Waals surface area contributed by atoms with E-state index in [0.717, 1.165) is 12.8 Å². The Balaban J connectivity index is 1.50. The zero-order valence-corrected chi connectivity index (χ0v) is 14.8. The summed E-state index contributed by atoms with van der Waals surface area (Å²) in [5, 5.41) is 2.87. The number of carbonyl (C=O) groups excluding carboxylic acids is 2. The van der Waals surface area contributed by atoms with Gasteiger partial charge in [-0.2, -0.15) is 0 Å². The van der Waals surface area contributed by atoms with E-state index in [1.165, 1.54) is 5.56 Å². The number of nitrogen functional groups attached to an aromatic ring is 1. The van der Waals surface area contributed by atoms with Gasteiger partial charge in [-0.1, -0.05) is 30.3 Å². The molecule has 26 heavy (non-hydrogen) atoms. The van der Waals surface area contributed by atoms with Crippen molar-refractivity contribution >= 4 is 17.8 Å². The van der Waals surface area contributed by atoms with E-state index in [0.29, 0.717) is 25.2 Å². The first-order chi connectivity index (χ1) is 12.5. The van der Waals surface area contributed by atoms with Crippen LogP contribution >= 0.6 is 0 Å². The Morgan fingerprint density at radius 2 is 2.08 bits per heavy atom. The van der Waals surface area contributed by atoms with E-state index in [2.05, 4.69) is 27.4 Å². The number of benzene rings is 1. The van der Waals surface area contributed by atoms with Gasteiger partial charge in [-0.25, -0.2) is 9.97 Å². The lowest BCUT2D eigenvalue weighted by atomic mass is 10.1. The fraction of sp³-hybridized carbons (Fsp3) is 0.368. The summed E-state index contributed by atoms with van der Waals surface area (Å²) in [5.41, 5.74) is 7.71. The number of rotatable bonds is 6. The topological polar surface area (TPSA) is 101 Å². The van der Waals surface area contributed by atoms with Crippen LogP contribution in [-0.2, 0) is 11.2 Å². The molecule has 1 aromatic heterocycles. The molecule has 3 rings (SSSR count). The summed E-state index contributed by atoms with van der Waals surface area (Å²) in [7, 11) is 0. The summed E-state index contributed by atoms with van der Waals surface area (Å²) in [4.78, 5) is 34.2. The third-order valence-corrected chi connectivity index (χ3v) is 4.39. The number of anilines is 1. The summed E-state index contributed by atoms with van der Waals surface area (Å²) in [5.74, 6) is -0.187. The van der Waals surface area contributed by atoms with Gasteiger partial charge in [-0.3, -0.25) is 9.59 Å². The molecule has 1 aromatic carbocycles. The highest BCUT2D eigenvalue weighted by molar-refractivity contribution is 5.93. The minimum atomic E-state index is -0.328. The van der Waals surface area contributed by atoms with Crippen molar-refractivity contribution in [3.05, 3.63) is 53.3 Å². The number of likely N-dealkylation sites (tertiary alicyclic amines) is 1. The van der Waals surface area contributed by atoms with Gasteiger partial charge in [-0.15, -0.1) is 0 Å². The molecule has 2 heterocycles. The van der Waals surface area contributed by atoms with Crippen LogP contribution in [0, 0.1) is 6.92 Å². The van der Waals surface area contributed by atoms with Crippen LogP contribution in [0.1, 0.15) is 34.6 Å². The number of carbonyl (C=O) groups is 2. The SMILES string of the molecule is Cc1cc(C(=O)N[C@@H]2CC(=O)N(CCCc3ccccc3)C2)nc(N)n1. The Hall–Kier alpha value is -2.96. The van der Waals surface area contributed by atoms with Crippen LogP contribution in [0.25, 0.3) is 0 Å². The zero-order chi connectivity index (χ0) is 18.5. The lowest BCUT2D eigenvalue weighted by molar-refractivity contribution is -0.127. The summed E-state index contributed by atoms with van der Waals surface area (Å²) >= 11 is 0. The van der Waals surface area contributed by atoms with E-state index in [1.54, 1.807) is 13.0 Å². The van der Waals surface area contributed by atoms with Gasteiger partial charge in [0.1, 0.15) is 5.69 Å². The van der Waals surface area contributed by atoms with Crippen molar-refractivity contribution in [2.75, 3.05) is 18.8 Å². The molecule has 136 valence electrons. The first-order valence-corrected chi connectivity index (χ1v) is 8.75. The minimum absolute atomic E-state index is 0.0696. The van der Waals surface area contributed by atoms with Crippen LogP contribution in [0.3, 0.4) is 0 Å². The van der Waals surface area contributed by atoms with Crippen molar-refractivity contribution in [1.29, 1.82) is 0 Å². The summed E-state index contributed by atoms with van der Waals surface area (Å²) in [6, 6.07) is 11.6. The molecule has 0 unspecified atom stereocenters. The highest BCUT2D eigenvalue weighted by Crippen LogP contribution is 2.14. The predicted octanol–water partition coefficient (Wildman–Crippen LogP) is 1.33. The standard InChI is InChI=1S/C19H23N5O2/c1-13-10-16(23-19(20)21-13)18(26)22-15-11-17(25)24(12-15)9-5-8-14-6-3-2-4-7-14/h2-4,6-7,10,15H,5,8-9,11-12H2,1H3,(H,22,26)(H2,20,21,23)/t15-/m1/s1. The van der Waals surface area contributed by atoms with Crippen LogP contribution in [-0.4, -0.2) is 45.8 Å². The fourth-order valence-corrected chi connectivity index (χ4v) is 3.17. The Labute approximate surface area is 152 Å². The molecule has 2 aromatic rings. The second-order valence-corrected chi connectivity index (χ2v) is 6.56. The maximum absolute atomic E-state index is 12.3. The number of nitrogens with two attached hydrogens (primary N) is 1. The predicted molar refractivity (Wildman–Crippen MR) is 98.4 cm³/mol. The molecule has 0 spiro atoms. The highest BCUT2D eigenvalue weighted by Gasteiger charge is 2.30. The molecule has 0 bridgehead atoms. The Bertz CT molecular complexity index is 774. The van der Waals surface area contributed by atoms with Gasteiger partial charge in [-0.05, 0) is 31.4 Å². The molecular weight excluding hydrogens is 330 g/mol. The van der Waals surface area contributed by atoms with Crippen LogP contribution in [0.15, 0.2) is 36.4 Å². The molecular formula is C19H23N5O2. The van der Waals surface area contributed by atoms with E-state index in [4.69, 9.17) is 5.73 Å². The van der Waals surface area contributed by atoms with Gasteiger partial charge in [0.15, 0.2) is 0 Å². The number of nitrogens with one attached hydrogen (secondary N) is 1. The Morgan fingerprint density at radius 3 is 2.81 bits per heavy atom. The molecule has 1 aliphatic heterocycles. The van der Waals surface area contributed by atoms with E-state index in [1.807, 2.05) is 23.1 Å². The molecule has 7 heteroatoms. The fourth-order valence-electron chi connectivity index (χ4n) is 3.17. The number of nitrogens with zero attached hydrogens (tertiary/aromatic N) is 3. The second-order valence-electron chi connectivity index (χ2n) is 6.56. The van der Waals surface area contributed by atoms with Crippen molar-refractivity contribution in [2.24, 2.45) is 0 Å². The maximum Gasteiger partial charge on any atom is 0.270 e. The van der Waals surface area contributed by atoms with Crippen LogP contribution in [0.2, 0.25) is 0 Å². The van der Waals surface area contributed by atoms with E-state index in [-0.39, 0.29) is 29.5 Å². The van der Waals surface area contributed by atoms with Crippen LogP contribution in [0.5, 0.6) is 0 Å². The van der Waals surface area contributed by atoms with E-state index in [9.17, 15) is 9.59 Å².